The predicted octanol–water partition coefficient (Wildman–Crippen LogP) is 2.61. The summed E-state index contributed by atoms with van der Waals surface area (Å²) in [5, 5.41) is 7.79. The summed E-state index contributed by atoms with van der Waals surface area (Å²) in [5.41, 5.74) is -3.71. The zero-order valence-corrected chi connectivity index (χ0v) is 20.3. The summed E-state index contributed by atoms with van der Waals surface area (Å²) in [6, 6.07) is -0.707. The minimum Gasteiger partial charge on any atom is -0.444 e. The number of hydrogen-bond donors (Lipinski definition) is 2. The molecule has 0 saturated carbocycles. The van der Waals surface area contributed by atoms with Crippen LogP contribution in [0.2, 0.25) is 0 Å². The standard InChI is InChI=1S/C22H32F3N5O5/c1-13(27-16-9-26-28-19(32)18(16)22(23,24)25)12-34-8-7-17(31)30-14-5-6-15(30)11-29(10-14)20(33)35-21(2,3)4/h9,13-15H,5-8,10-12H2,1-4H3,(H2,27,28,32)/t13-,14?,15?/m0/s1. The number of alkyl halides is 3. The van der Waals surface area contributed by atoms with E-state index in [4.69, 9.17) is 9.47 Å². The summed E-state index contributed by atoms with van der Waals surface area (Å²) in [6.45, 7) is 7.98. The highest BCUT2D eigenvalue weighted by atomic mass is 19.4. The van der Waals surface area contributed by atoms with E-state index in [0.717, 1.165) is 19.0 Å². The number of aromatic nitrogens is 2. The van der Waals surface area contributed by atoms with Gasteiger partial charge in [-0.05, 0) is 40.5 Å². The highest BCUT2D eigenvalue weighted by Crippen LogP contribution is 2.32. The fourth-order valence-electron chi connectivity index (χ4n) is 4.43. The molecule has 2 bridgehead atoms. The summed E-state index contributed by atoms with van der Waals surface area (Å²) in [7, 11) is 0. The van der Waals surface area contributed by atoms with Crippen LogP contribution in [0.5, 0.6) is 0 Å². The van der Waals surface area contributed by atoms with Crippen LogP contribution in [0.1, 0.15) is 52.5 Å². The SMILES string of the molecule is C[C@@H](COCCC(=O)N1C2CCC1CN(C(=O)OC(C)(C)C)C2)Nc1cn[nH]c(=O)c1C(F)(F)F. The van der Waals surface area contributed by atoms with Crippen molar-refractivity contribution in [3.63, 3.8) is 0 Å². The molecule has 1 aromatic rings. The summed E-state index contributed by atoms with van der Waals surface area (Å²) in [5.74, 6) is -0.0832. The van der Waals surface area contributed by atoms with Crippen molar-refractivity contribution in [1.29, 1.82) is 0 Å². The van der Waals surface area contributed by atoms with Crippen molar-refractivity contribution in [2.24, 2.45) is 0 Å². The first kappa shape index (κ1) is 26.8. The Balaban J connectivity index is 1.45. The normalized spacial score (nSPS) is 21.1. The van der Waals surface area contributed by atoms with Crippen molar-refractivity contribution in [2.75, 3.05) is 31.6 Å². The summed E-state index contributed by atoms with van der Waals surface area (Å²) in [4.78, 5) is 40.2. The van der Waals surface area contributed by atoms with E-state index in [1.807, 2.05) is 4.90 Å². The number of halogens is 3. The number of amides is 2. The maximum atomic E-state index is 13.2. The number of ether oxygens (including phenoxy) is 2. The smallest absolute Gasteiger partial charge is 0.423 e. The van der Waals surface area contributed by atoms with Crippen LogP contribution >= 0.6 is 0 Å². The molecule has 10 nitrogen and oxygen atoms in total. The number of carbonyl (C=O) groups is 2. The molecule has 3 rings (SSSR count). The average molecular weight is 504 g/mol. The highest BCUT2D eigenvalue weighted by molar-refractivity contribution is 5.78. The molecular formula is C22H32F3N5O5. The lowest BCUT2D eigenvalue weighted by atomic mass is 10.1. The summed E-state index contributed by atoms with van der Waals surface area (Å²) >= 11 is 0. The van der Waals surface area contributed by atoms with Gasteiger partial charge in [0.25, 0.3) is 5.56 Å². The molecule has 0 aliphatic carbocycles. The minimum absolute atomic E-state index is 0.0245. The molecule has 1 aromatic heterocycles. The van der Waals surface area contributed by atoms with Gasteiger partial charge in [0, 0.05) is 31.2 Å². The van der Waals surface area contributed by atoms with Gasteiger partial charge in [-0.1, -0.05) is 0 Å². The first-order valence-electron chi connectivity index (χ1n) is 11.5. The summed E-state index contributed by atoms with van der Waals surface area (Å²) in [6.07, 6.45) is -2.58. The highest BCUT2D eigenvalue weighted by Gasteiger charge is 2.44. The Bertz CT molecular complexity index is 963. The second-order valence-corrected chi connectivity index (χ2v) is 9.93. The Labute approximate surface area is 201 Å². The third-order valence-electron chi connectivity index (χ3n) is 5.79. The number of anilines is 1. The van der Waals surface area contributed by atoms with Gasteiger partial charge in [-0.2, -0.15) is 18.3 Å². The number of hydrogen-bond acceptors (Lipinski definition) is 7. The third kappa shape index (κ3) is 6.86. The Kier molecular flexibility index (Phi) is 7.97. The Morgan fingerprint density at radius 2 is 1.86 bits per heavy atom. The number of likely N-dealkylation sites (tertiary alicyclic amines) is 1. The molecule has 2 fully saturated rings. The predicted molar refractivity (Wildman–Crippen MR) is 120 cm³/mol. The number of fused-ring (bicyclic) bond motifs is 2. The van der Waals surface area contributed by atoms with Crippen molar-refractivity contribution < 1.29 is 32.2 Å². The van der Waals surface area contributed by atoms with Gasteiger partial charge in [0.1, 0.15) is 11.2 Å². The van der Waals surface area contributed by atoms with Gasteiger partial charge in [-0.15, -0.1) is 0 Å². The van der Waals surface area contributed by atoms with Crippen LogP contribution in [0, 0.1) is 0 Å². The molecule has 0 aromatic carbocycles. The number of H-pyrrole nitrogens is 1. The number of rotatable bonds is 7. The van der Waals surface area contributed by atoms with Crippen molar-refractivity contribution >= 4 is 17.7 Å². The number of nitrogens with zero attached hydrogens (tertiary/aromatic N) is 3. The van der Waals surface area contributed by atoms with E-state index >= 15 is 0 Å². The van der Waals surface area contributed by atoms with Crippen molar-refractivity contribution in [2.45, 2.75) is 76.9 Å². The van der Waals surface area contributed by atoms with Gasteiger partial charge in [0.15, 0.2) is 0 Å². The molecule has 3 heterocycles. The van der Waals surface area contributed by atoms with E-state index in [1.165, 1.54) is 0 Å². The Morgan fingerprint density at radius 1 is 1.23 bits per heavy atom. The molecule has 2 amide bonds. The molecule has 2 N–H and O–H groups in total. The fourth-order valence-corrected chi connectivity index (χ4v) is 4.43. The molecule has 3 atom stereocenters. The number of carbonyl (C=O) groups excluding carboxylic acids is 2. The maximum absolute atomic E-state index is 13.2. The van der Waals surface area contributed by atoms with E-state index in [9.17, 15) is 27.6 Å². The molecule has 2 saturated heterocycles. The topological polar surface area (TPSA) is 117 Å². The van der Waals surface area contributed by atoms with Gasteiger partial charge < -0.3 is 24.6 Å². The minimum atomic E-state index is -4.83. The number of aromatic amines is 1. The van der Waals surface area contributed by atoms with Crippen LogP contribution < -0.4 is 10.9 Å². The zero-order valence-electron chi connectivity index (χ0n) is 20.3. The van der Waals surface area contributed by atoms with Gasteiger partial charge >= 0.3 is 12.3 Å². The Morgan fingerprint density at radius 3 is 2.43 bits per heavy atom. The van der Waals surface area contributed by atoms with E-state index in [2.05, 4.69) is 10.4 Å². The van der Waals surface area contributed by atoms with Crippen LogP contribution in [-0.4, -0.2) is 82.0 Å². The number of nitrogens with one attached hydrogen (secondary N) is 2. The lowest BCUT2D eigenvalue weighted by Gasteiger charge is -2.41. The molecule has 2 aliphatic heterocycles. The third-order valence-corrected chi connectivity index (χ3v) is 5.79. The first-order valence-corrected chi connectivity index (χ1v) is 11.5. The molecular weight excluding hydrogens is 471 g/mol. The lowest BCUT2D eigenvalue weighted by Crippen LogP contribution is -2.57. The van der Waals surface area contributed by atoms with E-state index in [-0.39, 0.29) is 43.7 Å². The second kappa shape index (κ2) is 10.4. The fraction of sp³-hybridized carbons (Fsp3) is 0.727. The van der Waals surface area contributed by atoms with E-state index < -0.39 is 34.6 Å². The van der Waals surface area contributed by atoms with Gasteiger partial charge in [0.05, 0.1) is 31.5 Å². The number of piperazine rings is 1. The lowest BCUT2D eigenvalue weighted by molar-refractivity contribution is -0.139. The maximum Gasteiger partial charge on any atom is 0.423 e. The van der Waals surface area contributed by atoms with Crippen LogP contribution in [0.3, 0.4) is 0 Å². The van der Waals surface area contributed by atoms with Crippen LogP contribution in [0.4, 0.5) is 23.7 Å². The zero-order chi connectivity index (χ0) is 26.0. The molecule has 13 heteroatoms. The molecule has 0 spiro atoms. The van der Waals surface area contributed by atoms with E-state index in [0.29, 0.717) is 13.1 Å². The van der Waals surface area contributed by atoms with E-state index in [1.54, 1.807) is 37.7 Å². The largest absolute Gasteiger partial charge is 0.444 e. The van der Waals surface area contributed by atoms with Gasteiger partial charge in [-0.3, -0.25) is 9.59 Å². The van der Waals surface area contributed by atoms with Crippen LogP contribution in [0.15, 0.2) is 11.0 Å². The average Bonchev–Trinajstić information content (AvgIpc) is 2.98. The molecule has 35 heavy (non-hydrogen) atoms. The molecule has 2 aliphatic rings. The Hall–Kier alpha value is -2.83. The van der Waals surface area contributed by atoms with Crippen molar-refractivity contribution in [3.8, 4) is 0 Å². The second-order valence-electron chi connectivity index (χ2n) is 9.93. The quantitative estimate of drug-likeness (QED) is 0.550. The molecule has 196 valence electrons. The first-order chi connectivity index (χ1) is 16.3. The monoisotopic (exact) mass is 503 g/mol. The van der Waals surface area contributed by atoms with Crippen LogP contribution in [-0.2, 0) is 20.4 Å². The van der Waals surface area contributed by atoms with Gasteiger partial charge in [-0.25, -0.2) is 9.89 Å². The molecule has 2 unspecified atom stereocenters. The van der Waals surface area contributed by atoms with Crippen molar-refractivity contribution in [1.82, 2.24) is 20.0 Å². The van der Waals surface area contributed by atoms with Gasteiger partial charge in [0.2, 0.25) is 5.91 Å². The van der Waals surface area contributed by atoms with Crippen LogP contribution in [0.25, 0.3) is 0 Å². The summed E-state index contributed by atoms with van der Waals surface area (Å²) < 4.78 is 50.4. The molecule has 0 radical (unpaired) electrons. The van der Waals surface area contributed by atoms with Crippen molar-refractivity contribution in [3.05, 3.63) is 22.1 Å².